The van der Waals surface area contributed by atoms with Crippen LogP contribution in [0.4, 0.5) is 0 Å². The van der Waals surface area contributed by atoms with Gasteiger partial charge in [0.1, 0.15) is 0 Å². The van der Waals surface area contributed by atoms with E-state index < -0.39 is 5.97 Å². The highest BCUT2D eigenvalue weighted by Gasteiger charge is 2.30. The van der Waals surface area contributed by atoms with Crippen molar-refractivity contribution in [2.45, 2.75) is 33.1 Å². The van der Waals surface area contributed by atoms with Gasteiger partial charge in [0.25, 0.3) is 0 Å². The summed E-state index contributed by atoms with van der Waals surface area (Å²) in [5.74, 6) is -0.483. The van der Waals surface area contributed by atoms with Crippen molar-refractivity contribution in [3.05, 3.63) is 12.2 Å². The highest BCUT2D eigenvalue weighted by atomic mass is 16.4. The fourth-order valence-corrected chi connectivity index (χ4v) is 1.69. The van der Waals surface area contributed by atoms with Crippen LogP contribution in [-0.2, 0) is 4.79 Å². The first-order valence-electron chi connectivity index (χ1n) is 4.41. The first-order chi connectivity index (χ1) is 5.52. The molecule has 0 aromatic rings. The number of aliphatic carboxylic acids is 1. The minimum absolute atomic E-state index is 0.160. The number of allylic oxidation sites excluding steroid dienone is 2. The van der Waals surface area contributed by atoms with Crippen molar-refractivity contribution in [2.24, 2.45) is 11.3 Å². The monoisotopic (exact) mass is 168 g/mol. The van der Waals surface area contributed by atoms with Crippen molar-refractivity contribution >= 4 is 5.97 Å². The predicted molar refractivity (Wildman–Crippen MR) is 47.9 cm³/mol. The molecule has 1 rings (SSSR count). The molecule has 0 aliphatic heterocycles. The van der Waals surface area contributed by atoms with Crippen molar-refractivity contribution in [1.29, 1.82) is 0 Å². The van der Waals surface area contributed by atoms with Crippen molar-refractivity contribution in [3.63, 3.8) is 0 Å². The fraction of sp³-hybridized carbons (Fsp3) is 0.700. The Balaban J connectivity index is 2.65. The van der Waals surface area contributed by atoms with Gasteiger partial charge in [0.15, 0.2) is 0 Å². The minimum atomic E-state index is -0.695. The zero-order chi connectivity index (χ0) is 9.19. The van der Waals surface area contributed by atoms with E-state index >= 15 is 0 Å². The number of carboxylic acids is 1. The molecule has 0 saturated heterocycles. The van der Waals surface area contributed by atoms with Gasteiger partial charge in [0.2, 0.25) is 0 Å². The van der Waals surface area contributed by atoms with E-state index in [4.69, 9.17) is 5.11 Å². The van der Waals surface area contributed by atoms with E-state index in [1.165, 1.54) is 0 Å². The van der Waals surface area contributed by atoms with Crippen LogP contribution in [0.1, 0.15) is 33.1 Å². The number of carboxylic acid groups (broad SMARTS) is 1. The van der Waals surface area contributed by atoms with Crippen LogP contribution in [0.15, 0.2) is 12.2 Å². The highest BCUT2D eigenvalue weighted by Crippen LogP contribution is 2.38. The van der Waals surface area contributed by atoms with E-state index in [0.29, 0.717) is 0 Å². The largest absolute Gasteiger partial charge is 0.481 e. The van der Waals surface area contributed by atoms with Crippen LogP contribution in [-0.4, -0.2) is 11.1 Å². The molecule has 0 aromatic heterocycles. The van der Waals surface area contributed by atoms with E-state index in [1.807, 2.05) is 0 Å². The summed E-state index contributed by atoms with van der Waals surface area (Å²) in [6, 6.07) is 0. The number of rotatable bonds is 2. The normalized spacial score (nSPS) is 27.0. The lowest BCUT2D eigenvalue weighted by atomic mass is 9.71. The molecule has 0 aromatic carbocycles. The molecule has 2 nitrogen and oxygen atoms in total. The van der Waals surface area contributed by atoms with E-state index in [2.05, 4.69) is 26.0 Å². The number of hydrogen-bond acceptors (Lipinski definition) is 1. The Bertz CT molecular complexity index is 204. The van der Waals surface area contributed by atoms with Crippen LogP contribution in [0, 0.1) is 11.3 Å². The molecular weight excluding hydrogens is 152 g/mol. The van der Waals surface area contributed by atoms with Crippen LogP contribution >= 0.6 is 0 Å². The molecule has 0 heterocycles. The van der Waals surface area contributed by atoms with Gasteiger partial charge in [-0.3, -0.25) is 4.79 Å². The Hall–Kier alpha value is -0.790. The molecule has 1 aliphatic carbocycles. The van der Waals surface area contributed by atoms with E-state index in [-0.39, 0.29) is 17.8 Å². The Kier molecular flexibility index (Phi) is 2.55. The Morgan fingerprint density at radius 1 is 1.67 bits per heavy atom. The number of carbonyl (C=O) groups is 1. The molecule has 12 heavy (non-hydrogen) atoms. The van der Waals surface area contributed by atoms with Crippen molar-refractivity contribution < 1.29 is 9.90 Å². The van der Waals surface area contributed by atoms with Gasteiger partial charge < -0.3 is 5.11 Å². The molecule has 2 heteroatoms. The first-order valence-corrected chi connectivity index (χ1v) is 4.41. The lowest BCUT2D eigenvalue weighted by Crippen LogP contribution is -2.26. The second-order valence-corrected chi connectivity index (χ2v) is 4.16. The fourth-order valence-electron chi connectivity index (χ4n) is 1.69. The average Bonchev–Trinajstić information content (AvgIpc) is 1.92. The van der Waals surface area contributed by atoms with Gasteiger partial charge in [0.05, 0.1) is 6.42 Å². The Labute approximate surface area is 73.3 Å². The molecule has 0 spiro atoms. The van der Waals surface area contributed by atoms with Crippen molar-refractivity contribution in [2.75, 3.05) is 0 Å². The topological polar surface area (TPSA) is 37.3 Å². The lowest BCUT2D eigenvalue weighted by Gasteiger charge is -2.34. The van der Waals surface area contributed by atoms with Crippen molar-refractivity contribution in [3.8, 4) is 0 Å². The Morgan fingerprint density at radius 3 is 2.83 bits per heavy atom. The maximum atomic E-state index is 10.5. The van der Waals surface area contributed by atoms with Crippen LogP contribution in [0.3, 0.4) is 0 Å². The lowest BCUT2D eigenvalue weighted by molar-refractivity contribution is -0.138. The SMILES string of the molecule is CC1(C)CCC=CC1CC(=O)O. The molecule has 0 radical (unpaired) electrons. The van der Waals surface area contributed by atoms with E-state index in [9.17, 15) is 4.79 Å². The third-order valence-electron chi connectivity index (χ3n) is 2.72. The maximum absolute atomic E-state index is 10.5. The molecule has 1 N–H and O–H groups in total. The molecule has 1 atom stereocenters. The third-order valence-corrected chi connectivity index (χ3v) is 2.72. The molecule has 0 saturated carbocycles. The van der Waals surface area contributed by atoms with Crippen LogP contribution in [0.2, 0.25) is 0 Å². The molecule has 0 fully saturated rings. The quantitative estimate of drug-likeness (QED) is 0.643. The molecule has 68 valence electrons. The Morgan fingerprint density at radius 2 is 2.33 bits per heavy atom. The van der Waals surface area contributed by atoms with E-state index in [0.717, 1.165) is 12.8 Å². The average molecular weight is 168 g/mol. The van der Waals surface area contributed by atoms with E-state index in [1.54, 1.807) is 0 Å². The van der Waals surface area contributed by atoms with Gasteiger partial charge in [-0.1, -0.05) is 26.0 Å². The van der Waals surface area contributed by atoms with Crippen LogP contribution < -0.4 is 0 Å². The van der Waals surface area contributed by atoms with Gasteiger partial charge in [0, 0.05) is 0 Å². The van der Waals surface area contributed by atoms with Gasteiger partial charge in [-0.25, -0.2) is 0 Å². The van der Waals surface area contributed by atoms with Gasteiger partial charge in [-0.2, -0.15) is 0 Å². The third kappa shape index (κ3) is 2.10. The molecule has 0 bridgehead atoms. The zero-order valence-electron chi connectivity index (χ0n) is 7.71. The second kappa shape index (κ2) is 3.30. The summed E-state index contributed by atoms with van der Waals surface area (Å²) in [5, 5.41) is 8.66. The molecule has 1 unspecified atom stereocenters. The molecule has 1 aliphatic rings. The van der Waals surface area contributed by atoms with Crippen LogP contribution in [0.25, 0.3) is 0 Å². The van der Waals surface area contributed by atoms with Crippen LogP contribution in [0.5, 0.6) is 0 Å². The first kappa shape index (κ1) is 9.30. The standard InChI is InChI=1S/C10H16O2/c1-10(2)6-4-3-5-8(10)7-9(11)12/h3,5,8H,4,6-7H2,1-2H3,(H,11,12). The van der Waals surface area contributed by atoms with Crippen molar-refractivity contribution in [1.82, 2.24) is 0 Å². The summed E-state index contributed by atoms with van der Waals surface area (Å²) in [7, 11) is 0. The maximum Gasteiger partial charge on any atom is 0.303 e. The molecular formula is C10H16O2. The predicted octanol–water partition coefficient (Wildman–Crippen LogP) is 2.45. The summed E-state index contributed by atoms with van der Waals surface area (Å²) in [6.45, 7) is 4.29. The van der Waals surface area contributed by atoms with Gasteiger partial charge in [-0.15, -0.1) is 0 Å². The van der Waals surface area contributed by atoms with Gasteiger partial charge >= 0.3 is 5.97 Å². The summed E-state index contributed by atoms with van der Waals surface area (Å²) in [6.07, 6.45) is 6.60. The smallest absolute Gasteiger partial charge is 0.303 e. The summed E-state index contributed by atoms with van der Waals surface area (Å²) in [5.41, 5.74) is 0.160. The highest BCUT2D eigenvalue weighted by molar-refractivity contribution is 5.67. The number of hydrogen-bond donors (Lipinski definition) is 1. The molecule has 0 amide bonds. The minimum Gasteiger partial charge on any atom is -0.481 e. The second-order valence-electron chi connectivity index (χ2n) is 4.16. The van der Waals surface area contributed by atoms with Gasteiger partial charge in [-0.05, 0) is 24.2 Å². The summed E-state index contributed by atoms with van der Waals surface area (Å²) < 4.78 is 0. The summed E-state index contributed by atoms with van der Waals surface area (Å²) in [4.78, 5) is 10.5. The summed E-state index contributed by atoms with van der Waals surface area (Å²) >= 11 is 0. The zero-order valence-corrected chi connectivity index (χ0v) is 7.71.